The first-order valence-electron chi connectivity index (χ1n) is 14.1. The molecule has 0 radical (unpaired) electrons. The van der Waals surface area contributed by atoms with E-state index in [-0.39, 0.29) is 44.3 Å². The molecule has 1 amide bonds. The Bertz CT molecular complexity index is 1460. The van der Waals surface area contributed by atoms with Crippen LogP contribution in [0.4, 0.5) is 24.5 Å². The third kappa shape index (κ3) is 9.22. The number of methoxy groups -OCH3 is 2. The minimum Gasteiger partial charge on any atom is -0.495 e. The topological polar surface area (TPSA) is 100 Å². The van der Waals surface area contributed by atoms with Gasteiger partial charge in [-0.25, -0.2) is 0 Å². The standard InChI is InChI=1S/C31H38F3N5O4.H2S/c1-35-30(41)21-9-10-27(29(16-21)43-3)36-13-5-6-23-17-25-26(7-4-8-28(25)39(23)20-31(32,33)34)37-22-11-14-38(15-12-22)18-24(40)19-42-2;/h4,7-10,16-17,22,24,36-37,40H,11-15,18-20H2,1-3H3,(H,35,41);1H2/t24-;/m0./s1. The van der Waals surface area contributed by atoms with Crippen LogP contribution < -0.4 is 20.7 Å². The maximum absolute atomic E-state index is 13.6. The second kappa shape index (κ2) is 15.9. The van der Waals surface area contributed by atoms with E-state index in [2.05, 4.69) is 32.7 Å². The summed E-state index contributed by atoms with van der Waals surface area (Å²) in [6.07, 6.45) is -3.29. The van der Waals surface area contributed by atoms with Gasteiger partial charge in [-0.05, 0) is 55.2 Å². The van der Waals surface area contributed by atoms with Gasteiger partial charge in [-0.3, -0.25) is 4.79 Å². The van der Waals surface area contributed by atoms with Crippen molar-refractivity contribution < 1.29 is 32.5 Å². The molecule has 1 aromatic heterocycles. The SMILES string of the molecule is CNC(=O)c1ccc(NCC#Cc2cc3c(NC4CCN(C[C@H](O)COC)CC4)cccc3n2CC(F)(F)F)c(OC)c1.S. The summed E-state index contributed by atoms with van der Waals surface area (Å²) >= 11 is 0. The number of halogens is 3. The van der Waals surface area contributed by atoms with E-state index in [1.54, 1.807) is 43.5 Å². The molecule has 0 bridgehead atoms. The van der Waals surface area contributed by atoms with Crippen LogP contribution in [0.3, 0.4) is 0 Å². The Balaban J connectivity index is 0.00000529. The van der Waals surface area contributed by atoms with Crippen LogP contribution in [0.15, 0.2) is 42.5 Å². The van der Waals surface area contributed by atoms with Gasteiger partial charge >= 0.3 is 6.18 Å². The second-order valence-corrected chi connectivity index (χ2v) is 10.4. The van der Waals surface area contributed by atoms with Crippen molar-refractivity contribution in [3.8, 4) is 17.6 Å². The first kappa shape index (κ1) is 34.9. The summed E-state index contributed by atoms with van der Waals surface area (Å²) in [7, 11) is 4.58. The van der Waals surface area contributed by atoms with E-state index >= 15 is 0 Å². The minimum absolute atomic E-state index is 0. The van der Waals surface area contributed by atoms with E-state index in [1.165, 1.54) is 18.7 Å². The number of β-amino-alcohol motifs (C(OH)–C–C–N with tert-alkyl or cyclic N) is 1. The summed E-state index contributed by atoms with van der Waals surface area (Å²) in [6.45, 7) is 1.41. The fourth-order valence-corrected chi connectivity index (χ4v) is 5.28. The quantitative estimate of drug-likeness (QED) is 0.236. The first-order valence-corrected chi connectivity index (χ1v) is 14.1. The average Bonchev–Trinajstić information content (AvgIpc) is 3.32. The highest BCUT2D eigenvalue weighted by molar-refractivity contribution is 7.59. The number of hydrogen-bond donors (Lipinski definition) is 4. The van der Waals surface area contributed by atoms with Crippen LogP contribution in [-0.2, 0) is 11.3 Å². The highest BCUT2D eigenvalue weighted by Gasteiger charge is 2.30. The first-order chi connectivity index (χ1) is 20.6. The number of aromatic nitrogens is 1. The number of piperidine rings is 1. The lowest BCUT2D eigenvalue weighted by atomic mass is 10.0. The summed E-state index contributed by atoms with van der Waals surface area (Å²) in [6, 6.07) is 12.1. The van der Waals surface area contributed by atoms with Gasteiger partial charge in [0.25, 0.3) is 5.91 Å². The molecule has 9 nitrogen and oxygen atoms in total. The van der Waals surface area contributed by atoms with E-state index in [0.29, 0.717) is 34.4 Å². The molecule has 240 valence electrons. The number of anilines is 2. The van der Waals surface area contributed by atoms with Gasteiger partial charge in [-0.15, -0.1) is 0 Å². The Morgan fingerprint density at radius 3 is 2.55 bits per heavy atom. The molecular formula is C31H40F3N5O4S. The average molecular weight is 636 g/mol. The van der Waals surface area contributed by atoms with Crippen molar-refractivity contribution >= 4 is 41.7 Å². The van der Waals surface area contributed by atoms with Gasteiger partial charge < -0.3 is 40.0 Å². The van der Waals surface area contributed by atoms with Crippen molar-refractivity contribution in [2.24, 2.45) is 0 Å². The normalized spacial score (nSPS) is 14.7. The highest BCUT2D eigenvalue weighted by atomic mass is 32.1. The van der Waals surface area contributed by atoms with Crippen LogP contribution in [0.2, 0.25) is 0 Å². The lowest BCUT2D eigenvalue weighted by Crippen LogP contribution is -2.43. The summed E-state index contributed by atoms with van der Waals surface area (Å²) in [5.41, 5.74) is 2.51. The number of aliphatic hydroxyl groups is 1. The molecular weight excluding hydrogens is 595 g/mol. The number of nitrogens with zero attached hydrogens (tertiary/aromatic N) is 2. The van der Waals surface area contributed by atoms with Crippen LogP contribution in [-0.4, -0.2) is 92.9 Å². The minimum atomic E-state index is -4.43. The molecule has 1 atom stereocenters. The molecule has 4 rings (SSSR count). The summed E-state index contributed by atoms with van der Waals surface area (Å²) < 4.78 is 52.4. The highest BCUT2D eigenvalue weighted by Crippen LogP contribution is 2.31. The predicted molar refractivity (Wildman–Crippen MR) is 171 cm³/mol. The third-order valence-corrected chi connectivity index (χ3v) is 7.33. The number of amides is 1. The fourth-order valence-electron chi connectivity index (χ4n) is 5.28. The molecule has 13 heteroatoms. The lowest BCUT2D eigenvalue weighted by Gasteiger charge is -2.34. The molecule has 3 aromatic rings. The van der Waals surface area contributed by atoms with Crippen molar-refractivity contribution in [3.63, 3.8) is 0 Å². The summed E-state index contributed by atoms with van der Waals surface area (Å²) in [5.74, 6) is 6.04. The largest absolute Gasteiger partial charge is 0.495 e. The van der Waals surface area contributed by atoms with Crippen molar-refractivity contribution in [2.75, 3.05) is 64.7 Å². The smallest absolute Gasteiger partial charge is 0.406 e. The third-order valence-electron chi connectivity index (χ3n) is 7.33. The Kier molecular flexibility index (Phi) is 12.7. The zero-order valence-corrected chi connectivity index (χ0v) is 26.1. The Morgan fingerprint density at radius 1 is 1.14 bits per heavy atom. The Morgan fingerprint density at radius 2 is 1.89 bits per heavy atom. The van der Waals surface area contributed by atoms with E-state index in [4.69, 9.17) is 9.47 Å². The van der Waals surface area contributed by atoms with Gasteiger partial charge in [0.1, 0.15) is 12.3 Å². The van der Waals surface area contributed by atoms with Crippen molar-refractivity contribution in [1.29, 1.82) is 0 Å². The number of benzene rings is 2. The lowest BCUT2D eigenvalue weighted by molar-refractivity contribution is -0.140. The molecule has 0 saturated carbocycles. The zero-order valence-electron chi connectivity index (χ0n) is 25.1. The Hall–Kier alpha value is -3.57. The number of alkyl halides is 3. The second-order valence-electron chi connectivity index (χ2n) is 10.4. The van der Waals surface area contributed by atoms with Gasteiger partial charge in [-0.2, -0.15) is 26.7 Å². The van der Waals surface area contributed by atoms with E-state index < -0.39 is 18.8 Å². The monoisotopic (exact) mass is 635 g/mol. The predicted octanol–water partition coefficient (Wildman–Crippen LogP) is 4.03. The Labute approximate surface area is 262 Å². The molecule has 44 heavy (non-hydrogen) atoms. The molecule has 4 N–H and O–H groups in total. The molecule has 1 aliphatic rings. The fraction of sp³-hybridized carbons (Fsp3) is 0.452. The van der Waals surface area contributed by atoms with Crippen LogP contribution in [0, 0.1) is 11.8 Å². The summed E-state index contributed by atoms with van der Waals surface area (Å²) in [4.78, 5) is 14.1. The van der Waals surface area contributed by atoms with Crippen molar-refractivity contribution in [2.45, 2.75) is 37.7 Å². The van der Waals surface area contributed by atoms with Gasteiger partial charge in [0, 0.05) is 56.5 Å². The number of hydrogen-bond acceptors (Lipinski definition) is 7. The molecule has 0 spiro atoms. The molecule has 1 fully saturated rings. The molecule has 2 heterocycles. The maximum atomic E-state index is 13.6. The van der Waals surface area contributed by atoms with Gasteiger partial charge in [0.05, 0.1) is 43.3 Å². The van der Waals surface area contributed by atoms with Crippen LogP contribution >= 0.6 is 13.5 Å². The van der Waals surface area contributed by atoms with Crippen molar-refractivity contribution in [3.05, 3.63) is 53.7 Å². The number of ether oxygens (including phenoxy) is 2. The van der Waals surface area contributed by atoms with Gasteiger partial charge in [0.2, 0.25) is 0 Å². The molecule has 0 aliphatic carbocycles. The number of aliphatic hydroxyl groups excluding tert-OH is 1. The summed E-state index contributed by atoms with van der Waals surface area (Å²) in [5, 5.41) is 19.9. The molecule has 2 aromatic carbocycles. The molecule has 0 unspecified atom stereocenters. The number of carbonyl (C=O) groups is 1. The van der Waals surface area contributed by atoms with E-state index in [0.717, 1.165) is 31.6 Å². The number of nitrogens with one attached hydrogen (secondary N) is 3. The zero-order chi connectivity index (χ0) is 31.0. The molecule has 1 aliphatic heterocycles. The van der Waals surface area contributed by atoms with Gasteiger partial charge in [0.15, 0.2) is 0 Å². The van der Waals surface area contributed by atoms with Crippen LogP contribution in [0.5, 0.6) is 5.75 Å². The number of fused-ring (bicyclic) bond motifs is 1. The van der Waals surface area contributed by atoms with E-state index in [9.17, 15) is 23.1 Å². The van der Waals surface area contributed by atoms with Crippen LogP contribution in [0.1, 0.15) is 28.9 Å². The van der Waals surface area contributed by atoms with Crippen LogP contribution in [0.25, 0.3) is 10.9 Å². The van der Waals surface area contributed by atoms with Gasteiger partial charge in [-0.1, -0.05) is 12.0 Å². The van der Waals surface area contributed by atoms with Crippen molar-refractivity contribution in [1.82, 2.24) is 14.8 Å². The maximum Gasteiger partial charge on any atom is 0.406 e. The van der Waals surface area contributed by atoms with E-state index in [1.807, 2.05) is 6.07 Å². The number of carbonyl (C=O) groups excluding carboxylic acids is 1. The number of rotatable bonds is 11. The number of likely N-dealkylation sites (tertiary alicyclic amines) is 1. The molecule has 1 saturated heterocycles.